The number of sulfonamides is 1. The Morgan fingerprint density at radius 1 is 1.11 bits per heavy atom. The van der Waals surface area contributed by atoms with Crippen LogP contribution in [0, 0.1) is 6.92 Å². The van der Waals surface area contributed by atoms with Crippen LogP contribution in [-0.4, -0.2) is 8.42 Å². The zero-order valence-corrected chi connectivity index (χ0v) is 11.4. The Morgan fingerprint density at radius 2 is 1.79 bits per heavy atom. The minimum absolute atomic E-state index is 0.0791. The lowest BCUT2D eigenvalue weighted by Gasteiger charge is -2.07. The molecule has 0 amide bonds. The number of rotatable bonds is 4. The van der Waals surface area contributed by atoms with Gasteiger partial charge in [-0.05, 0) is 36.8 Å². The summed E-state index contributed by atoms with van der Waals surface area (Å²) in [4.78, 5) is 0.0791. The normalized spacial score (nSPS) is 11.3. The van der Waals surface area contributed by atoms with Crippen molar-refractivity contribution in [2.24, 2.45) is 5.14 Å². The molecule has 2 rings (SSSR count). The summed E-state index contributed by atoms with van der Waals surface area (Å²) in [6.45, 7) is 2.46. The van der Waals surface area contributed by atoms with E-state index in [0.717, 1.165) is 5.56 Å². The molecule has 0 fully saturated rings. The van der Waals surface area contributed by atoms with Gasteiger partial charge in [0.25, 0.3) is 0 Å². The van der Waals surface area contributed by atoms with Gasteiger partial charge in [-0.3, -0.25) is 0 Å². The predicted molar refractivity (Wildman–Crippen MR) is 73.3 cm³/mol. The first kappa shape index (κ1) is 13.6. The molecule has 0 spiro atoms. The second-order valence-corrected chi connectivity index (χ2v) is 5.86. The first-order valence-corrected chi connectivity index (χ1v) is 7.31. The summed E-state index contributed by atoms with van der Waals surface area (Å²) >= 11 is 0. The average molecular weight is 277 g/mol. The van der Waals surface area contributed by atoms with Crippen LogP contribution in [0.5, 0.6) is 5.75 Å². The maximum Gasteiger partial charge on any atom is 0.238 e. The molecule has 2 aromatic carbocycles. The van der Waals surface area contributed by atoms with Crippen molar-refractivity contribution in [2.45, 2.75) is 18.4 Å². The van der Waals surface area contributed by atoms with Gasteiger partial charge in [-0.25, -0.2) is 13.6 Å². The van der Waals surface area contributed by atoms with Gasteiger partial charge >= 0.3 is 0 Å². The molecule has 0 unspecified atom stereocenters. The third kappa shape index (κ3) is 3.81. The summed E-state index contributed by atoms with van der Waals surface area (Å²) in [7, 11) is -3.65. The van der Waals surface area contributed by atoms with E-state index in [1.165, 1.54) is 17.7 Å². The summed E-state index contributed by atoms with van der Waals surface area (Å²) in [5.41, 5.74) is 2.24. The second-order valence-electron chi connectivity index (χ2n) is 4.29. The van der Waals surface area contributed by atoms with Crippen molar-refractivity contribution in [1.29, 1.82) is 0 Å². The van der Waals surface area contributed by atoms with E-state index in [1.54, 1.807) is 12.1 Å². The van der Waals surface area contributed by atoms with Crippen LogP contribution in [-0.2, 0) is 16.6 Å². The number of ether oxygens (including phenoxy) is 1. The number of hydrogen-bond acceptors (Lipinski definition) is 3. The molecule has 0 heterocycles. The fourth-order valence-corrected chi connectivity index (χ4v) is 2.21. The number of nitrogens with two attached hydrogens (primary N) is 1. The molecule has 0 saturated carbocycles. The summed E-state index contributed by atoms with van der Waals surface area (Å²) in [6.07, 6.45) is 0. The minimum Gasteiger partial charge on any atom is -0.489 e. The molecule has 2 aromatic rings. The van der Waals surface area contributed by atoms with Crippen molar-refractivity contribution >= 4 is 10.0 Å². The highest BCUT2D eigenvalue weighted by Gasteiger charge is 2.06. The molecule has 19 heavy (non-hydrogen) atoms. The van der Waals surface area contributed by atoms with Crippen LogP contribution < -0.4 is 9.88 Å². The topological polar surface area (TPSA) is 69.4 Å². The van der Waals surface area contributed by atoms with E-state index in [-0.39, 0.29) is 4.90 Å². The number of benzene rings is 2. The van der Waals surface area contributed by atoms with Crippen LogP contribution in [0.4, 0.5) is 0 Å². The Balaban J connectivity index is 2.05. The highest BCUT2D eigenvalue weighted by molar-refractivity contribution is 7.89. The summed E-state index contributed by atoms with van der Waals surface area (Å²) in [5, 5.41) is 5.02. The van der Waals surface area contributed by atoms with Gasteiger partial charge in [0.15, 0.2) is 0 Å². The van der Waals surface area contributed by atoms with Gasteiger partial charge < -0.3 is 4.74 Å². The van der Waals surface area contributed by atoms with Gasteiger partial charge in [0.05, 0.1) is 4.90 Å². The number of primary sulfonamides is 1. The molecule has 0 atom stereocenters. The smallest absolute Gasteiger partial charge is 0.238 e. The van der Waals surface area contributed by atoms with Crippen LogP contribution in [0.25, 0.3) is 0 Å². The van der Waals surface area contributed by atoms with Crippen molar-refractivity contribution in [1.82, 2.24) is 0 Å². The van der Waals surface area contributed by atoms with Gasteiger partial charge in [0, 0.05) is 0 Å². The standard InChI is InChI=1S/C14H15NO3S/c1-11-3-2-4-12(9-11)10-18-13-5-7-14(8-6-13)19(15,16)17/h2-9H,10H2,1H3,(H2,15,16,17). The lowest BCUT2D eigenvalue weighted by Crippen LogP contribution is -2.11. The molecule has 0 bridgehead atoms. The monoisotopic (exact) mass is 277 g/mol. The number of hydrogen-bond donors (Lipinski definition) is 1. The summed E-state index contributed by atoms with van der Waals surface area (Å²) < 4.78 is 27.8. The van der Waals surface area contributed by atoms with Crippen molar-refractivity contribution in [3.63, 3.8) is 0 Å². The van der Waals surface area contributed by atoms with E-state index in [0.29, 0.717) is 12.4 Å². The number of aryl methyl sites for hydroxylation is 1. The largest absolute Gasteiger partial charge is 0.489 e. The van der Waals surface area contributed by atoms with Gasteiger partial charge in [0.1, 0.15) is 12.4 Å². The van der Waals surface area contributed by atoms with Crippen LogP contribution >= 0.6 is 0 Å². The maximum absolute atomic E-state index is 11.1. The molecule has 0 aliphatic heterocycles. The highest BCUT2D eigenvalue weighted by atomic mass is 32.2. The van der Waals surface area contributed by atoms with Crippen LogP contribution in [0.3, 0.4) is 0 Å². The molecule has 4 nitrogen and oxygen atoms in total. The fourth-order valence-electron chi connectivity index (χ4n) is 1.69. The molecule has 2 N–H and O–H groups in total. The zero-order valence-electron chi connectivity index (χ0n) is 10.5. The molecule has 0 aliphatic carbocycles. The van der Waals surface area contributed by atoms with Crippen LogP contribution in [0.2, 0.25) is 0 Å². The Bertz CT molecular complexity index is 663. The Kier molecular flexibility index (Phi) is 3.87. The molecule has 0 aliphatic rings. The molecule has 100 valence electrons. The minimum atomic E-state index is -3.65. The van der Waals surface area contributed by atoms with Crippen molar-refractivity contribution in [2.75, 3.05) is 0 Å². The second kappa shape index (κ2) is 5.42. The summed E-state index contributed by atoms with van der Waals surface area (Å²) in [5.74, 6) is 0.605. The van der Waals surface area contributed by atoms with Crippen molar-refractivity contribution in [3.05, 3.63) is 59.7 Å². The van der Waals surface area contributed by atoms with Crippen molar-refractivity contribution < 1.29 is 13.2 Å². The fraction of sp³-hybridized carbons (Fsp3) is 0.143. The van der Waals surface area contributed by atoms with Crippen molar-refractivity contribution in [3.8, 4) is 5.75 Å². The van der Waals surface area contributed by atoms with Crippen LogP contribution in [0.15, 0.2) is 53.4 Å². The third-order valence-electron chi connectivity index (χ3n) is 2.64. The van der Waals surface area contributed by atoms with Gasteiger partial charge in [-0.1, -0.05) is 29.8 Å². The Labute approximate surface area is 112 Å². The zero-order chi connectivity index (χ0) is 13.9. The lowest BCUT2D eigenvalue weighted by atomic mass is 10.1. The van der Waals surface area contributed by atoms with E-state index in [4.69, 9.17) is 9.88 Å². The van der Waals surface area contributed by atoms with Gasteiger partial charge in [0.2, 0.25) is 10.0 Å². The van der Waals surface area contributed by atoms with Gasteiger partial charge in [-0.2, -0.15) is 0 Å². The predicted octanol–water partition coefficient (Wildman–Crippen LogP) is 2.22. The lowest BCUT2D eigenvalue weighted by molar-refractivity contribution is 0.306. The Hall–Kier alpha value is -1.85. The average Bonchev–Trinajstić information content (AvgIpc) is 2.36. The van der Waals surface area contributed by atoms with E-state index < -0.39 is 10.0 Å². The Morgan fingerprint density at radius 3 is 2.37 bits per heavy atom. The van der Waals surface area contributed by atoms with E-state index in [2.05, 4.69) is 0 Å². The highest BCUT2D eigenvalue weighted by Crippen LogP contribution is 2.16. The molecule has 0 aromatic heterocycles. The van der Waals surface area contributed by atoms with E-state index in [1.807, 2.05) is 31.2 Å². The van der Waals surface area contributed by atoms with Crippen LogP contribution in [0.1, 0.15) is 11.1 Å². The first-order valence-electron chi connectivity index (χ1n) is 5.76. The quantitative estimate of drug-likeness (QED) is 0.931. The molecule has 0 radical (unpaired) electrons. The molecular formula is C14H15NO3S. The third-order valence-corrected chi connectivity index (χ3v) is 3.57. The molecule has 5 heteroatoms. The van der Waals surface area contributed by atoms with Gasteiger partial charge in [-0.15, -0.1) is 0 Å². The molecule has 0 saturated heterocycles. The van der Waals surface area contributed by atoms with E-state index in [9.17, 15) is 8.42 Å². The SMILES string of the molecule is Cc1cccc(COc2ccc(S(N)(=O)=O)cc2)c1. The molecular weight excluding hydrogens is 262 g/mol. The maximum atomic E-state index is 11.1. The first-order chi connectivity index (χ1) is 8.95. The van der Waals surface area contributed by atoms with E-state index >= 15 is 0 Å². The summed E-state index contributed by atoms with van der Waals surface area (Å²) in [6, 6.07) is 14.1.